The number of nitrogens with one attached hydrogen (secondary N) is 2. The first-order chi connectivity index (χ1) is 12.6. The molecule has 26 heavy (non-hydrogen) atoms. The number of aryl methyl sites for hydroxylation is 1. The lowest BCUT2D eigenvalue weighted by atomic mass is 10.1. The largest absolute Gasteiger partial charge is 0.340 e. The molecule has 0 radical (unpaired) electrons. The maximum absolute atomic E-state index is 13.3. The number of anilines is 3. The molecule has 0 atom stereocenters. The number of para-hydroxylation sites is 1. The lowest BCUT2D eigenvalue weighted by Crippen LogP contribution is -2.15. The Kier molecular flexibility index (Phi) is 5.17. The van der Waals surface area contributed by atoms with Crippen LogP contribution in [-0.2, 0) is 6.42 Å². The van der Waals surface area contributed by atoms with Gasteiger partial charge in [-0.1, -0.05) is 25.1 Å². The fraction of sp³-hybridized carbons (Fsp3) is 0.105. The van der Waals surface area contributed by atoms with Gasteiger partial charge in [0.25, 0.3) is 5.91 Å². The molecule has 2 N–H and O–H groups in total. The van der Waals surface area contributed by atoms with Crippen LogP contribution in [0.1, 0.15) is 23.0 Å². The normalized spacial score (nSPS) is 10.4. The topological polar surface area (TPSA) is 66.9 Å². The Balaban J connectivity index is 1.78. The summed E-state index contributed by atoms with van der Waals surface area (Å²) in [5.74, 6) is -2.01. The smallest absolute Gasteiger partial charge is 0.274 e. The van der Waals surface area contributed by atoms with E-state index in [1.807, 2.05) is 31.2 Å². The first-order valence-corrected chi connectivity index (χ1v) is 8.00. The predicted octanol–water partition coefficient (Wildman–Crippen LogP) is 4.31. The number of amides is 1. The Labute approximate surface area is 149 Å². The first kappa shape index (κ1) is 17.5. The number of carbonyl (C=O) groups excluding carboxylic acids is 1. The van der Waals surface area contributed by atoms with Crippen LogP contribution >= 0.6 is 0 Å². The van der Waals surface area contributed by atoms with Crippen LogP contribution in [0.5, 0.6) is 0 Å². The highest BCUT2D eigenvalue weighted by atomic mass is 19.2. The van der Waals surface area contributed by atoms with Crippen molar-refractivity contribution in [2.24, 2.45) is 0 Å². The molecule has 0 aliphatic rings. The zero-order chi connectivity index (χ0) is 18.5. The highest BCUT2D eigenvalue weighted by Gasteiger charge is 2.11. The monoisotopic (exact) mass is 354 g/mol. The summed E-state index contributed by atoms with van der Waals surface area (Å²) in [5.41, 5.74) is 2.19. The van der Waals surface area contributed by atoms with Gasteiger partial charge >= 0.3 is 0 Å². The van der Waals surface area contributed by atoms with Gasteiger partial charge in [-0.2, -0.15) is 0 Å². The summed E-state index contributed by atoms with van der Waals surface area (Å²) in [6.45, 7) is 2.00. The van der Waals surface area contributed by atoms with E-state index in [1.165, 1.54) is 18.5 Å². The second-order valence-corrected chi connectivity index (χ2v) is 5.51. The molecule has 132 valence electrons. The summed E-state index contributed by atoms with van der Waals surface area (Å²) in [5, 5.41) is 5.63. The van der Waals surface area contributed by atoms with Gasteiger partial charge in [-0.25, -0.2) is 18.7 Å². The number of hydrogen-bond donors (Lipinski definition) is 2. The van der Waals surface area contributed by atoms with Gasteiger partial charge in [-0.15, -0.1) is 0 Å². The molecular weight excluding hydrogens is 338 g/mol. The van der Waals surface area contributed by atoms with Gasteiger partial charge in [-0.3, -0.25) is 4.79 Å². The average Bonchev–Trinajstić information content (AvgIpc) is 2.65. The molecule has 3 rings (SSSR count). The standard InChI is InChI=1S/C19H16F2N4O/c1-2-12-5-3-4-6-16(12)25-19(26)17-10-18(23-11-22-17)24-13-7-8-14(20)15(21)9-13/h3-11H,2H2,1H3,(H,25,26)(H,22,23,24). The summed E-state index contributed by atoms with van der Waals surface area (Å²) in [6, 6.07) is 12.3. The molecule has 2 aromatic carbocycles. The number of rotatable bonds is 5. The highest BCUT2D eigenvalue weighted by molar-refractivity contribution is 6.03. The number of carbonyl (C=O) groups is 1. The molecule has 5 nitrogen and oxygen atoms in total. The molecule has 1 aromatic heterocycles. The minimum atomic E-state index is -0.974. The molecule has 0 unspecified atom stereocenters. The van der Waals surface area contributed by atoms with Crippen LogP contribution < -0.4 is 10.6 Å². The third-order valence-electron chi connectivity index (χ3n) is 3.74. The molecule has 0 spiro atoms. The number of benzene rings is 2. The van der Waals surface area contributed by atoms with E-state index in [-0.39, 0.29) is 11.6 Å². The molecule has 0 bridgehead atoms. The van der Waals surface area contributed by atoms with Crippen LogP contribution in [0.2, 0.25) is 0 Å². The van der Waals surface area contributed by atoms with Crippen molar-refractivity contribution >= 4 is 23.1 Å². The Bertz CT molecular complexity index is 946. The van der Waals surface area contributed by atoms with E-state index in [2.05, 4.69) is 20.6 Å². The van der Waals surface area contributed by atoms with Gasteiger partial charge in [0.15, 0.2) is 11.6 Å². The summed E-state index contributed by atoms with van der Waals surface area (Å²) in [6.07, 6.45) is 2.01. The second-order valence-electron chi connectivity index (χ2n) is 5.51. The first-order valence-electron chi connectivity index (χ1n) is 8.00. The van der Waals surface area contributed by atoms with E-state index in [4.69, 9.17) is 0 Å². The maximum Gasteiger partial charge on any atom is 0.274 e. The summed E-state index contributed by atoms with van der Waals surface area (Å²) >= 11 is 0. The van der Waals surface area contributed by atoms with Crippen molar-refractivity contribution in [2.45, 2.75) is 13.3 Å². The Morgan fingerprint density at radius 2 is 1.85 bits per heavy atom. The summed E-state index contributed by atoms with van der Waals surface area (Å²) in [4.78, 5) is 20.4. The molecule has 3 aromatic rings. The molecule has 0 fully saturated rings. The molecule has 0 saturated heterocycles. The zero-order valence-corrected chi connectivity index (χ0v) is 14.0. The SMILES string of the molecule is CCc1ccccc1NC(=O)c1cc(Nc2ccc(F)c(F)c2)ncn1. The fourth-order valence-corrected chi connectivity index (χ4v) is 2.41. The van der Waals surface area contributed by atoms with Gasteiger partial charge in [0.2, 0.25) is 0 Å². The van der Waals surface area contributed by atoms with Crippen molar-refractivity contribution in [2.75, 3.05) is 10.6 Å². The summed E-state index contributed by atoms with van der Waals surface area (Å²) < 4.78 is 26.3. The number of hydrogen-bond acceptors (Lipinski definition) is 4. The molecule has 0 aliphatic carbocycles. The van der Waals surface area contributed by atoms with E-state index in [0.717, 1.165) is 24.1 Å². The third-order valence-corrected chi connectivity index (χ3v) is 3.74. The number of nitrogens with zero attached hydrogens (tertiary/aromatic N) is 2. The molecule has 0 aliphatic heterocycles. The van der Waals surface area contributed by atoms with Crippen LogP contribution in [-0.4, -0.2) is 15.9 Å². The molecular formula is C19H16F2N4O. The highest BCUT2D eigenvalue weighted by Crippen LogP contribution is 2.19. The third kappa shape index (κ3) is 4.00. The van der Waals surface area contributed by atoms with E-state index in [1.54, 1.807) is 0 Å². The van der Waals surface area contributed by atoms with Crippen LogP contribution in [0.25, 0.3) is 0 Å². The summed E-state index contributed by atoms with van der Waals surface area (Å²) in [7, 11) is 0. The van der Waals surface area contributed by atoms with Gasteiger partial charge < -0.3 is 10.6 Å². The zero-order valence-electron chi connectivity index (χ0n) is 14.0. The molecule has 1 heterocycles. The Morgan fingerprint density at radius 1 is 1.04 bits per heavy atom. The van der Waals surface area contributed by atoms with Crippen LogP contribution in [0.15, 0.2) is 54.9 Å². The van der Waals surface area contributed by atoms with E-state index < -0.39 is 11.6 Å². The average molecular weight is 354 g/mol. The van der Waals surface area contributed by atoms with Crippen molar-refractivity contribution in [1.29, 1.82) is 0 Å². The Morgan fingerprint density at radius 3 is 2.62 bits per heavy atom. The second kappa shape index (κ2) is 7.69. The minimum absolute atomic E-state index is 0.149. The van der Waals surface area contributed by atoms with Gasteiger partial charge in [0, 0.05) is 23.5 Å². The molecule has 0 saturated carbocycles. The van der Waals surface area contributed by atoms with Gasteiger partial charge in [0.05, 0.1) is 0 Å². The number of halogens is 2. The van der Waals surface area contributed by atoms with Crippen molar-refractivity contribution in [3.05, 3.63) is 77.8 Å². The van der Waals surface area contributed by atoms with E-state index in [9.17, 15) is 13.6 Å². The fourth-order valence-electron chi connectivity index (χ4n) is 2.41. The van der Waals surface area contributed by atoms with Crippen LogP contribution in [0.4, 0.5) is 26.0 Å². The lowest BCUT2D eigenvalue weighted by Gasteiger charge is -2.10. The van der Waals surface area contributed by atoms with Crippen molar-refractivity contribution < 1.29 is 13.6 Å². The van der Waals surface area contributed by atoms with E-state index in [0.29, 0.717) is 17.2 Å². The quantitative estimate of drug-likeness (QED) is 0.716. The van der Waals surface area contributed by atoms with Crippen molar-refractivity contribution in [3.8, 4) is 0 Å². The maximum atomic E-state index is 13.3. The Hall–Kier alpha value is -3.35. The van der Waals surface area contributed by atoms with Gasteiger partial charge in [0.1, 0.15) is 17.8 Å². The van der Waals surface area contributed by atoms with Crippen molar-refractivity contribution in [3.63, 3.8) is 0 Å². The predicted molar refractivity (Wildman–Crippen MR) is 95.4 cm³/mol. The van der Waals surface area contributed by atoms with Gasteiger partial charge in [-0.05, 0) is 30.2 Å². The van der Waals surface area contributed by atoms with Crippen LogP contribution in [0, 0.1) is 11.6 Å². The molecule has 1 amide bonds. The minimum Gasteiger partial charge on any atom is -0.340 e. The van der Waals surface area contributed by atoms with E-state index >= 15 is 0 Å². The van der Waals surface area contributed by atoms with Crippen LogP contribution in [0.3, 0.4) is 0 Å². The number of aromatic nitrogens is 2. The molecule has 7 heteroatoms. The van der Waals surface area contributed by atoms with Crippen molar-refractivity contribution in [1.82, 2.24) is 9.97 Å². The lowest BCUT2D eigenvalue weighted by molar-refractivity contribution is 0.102.